The summed E-state index contributed by atoms with van der Waals surface area (Å²) in [5.41, 5.74) is 5.16. The number of sulfone groups is 1. The molecule has 0 saturated heterocycles. The van der Waals surface area contributed by atoms with E-state index in [1.165, 1.54) is 0 Å². The Morgan fingerprint density at radius 1 is 1.43 bits per heavy atom. The van der Waals surface area contributed by atoms with Gasteiger partial charge in [-0.05, 0) is 6.42 Å². The van der Waals surface area contributed by atoms with Crippen LogP contribution in [0.25, 0.3) is 0 Å². The van der Waals surface area contributed by atoms with Crippen LogP contribution in [-0.4, -0.2) is 38.9 Å². The van der Waals surface area contributed by atoms with Crippen LogP contribution in [0.3, 0.4) is 0 Å². The van der Waals surface area contributed by atoms with Crippen molar-refractivity contribution in [1.82, 2.24) is 5.32 Å². The highest BCUT2D eigenvalue weighted by Gasteiger charge is 2.15. The summed E-state index contributed by atoms with van der Waals surface area (Å²) >= 11 is 0. The van der Waals surface area contributed by atoms with E-state index in [1.54, 1.807) is 0 Å². The lowest BCUT2D eigenvalue weighted by molar-refractivity contribution is -0.118. The lowest BCUT2D eigenvalue weighted by atomic mass is 10.4. The number of rotatable bonds is 7. The van der Waals surface area contributed by atoms with Crippen LogP contribution < -0.4 is 11.1 Å². The average molecular weight is 222 g/mol. The molecule has 0 aromatic heterocycles. The maximum atomic E-state index is 11.3. The molecule has 0 spiro atoms. The van der Waals surface area contributed by atoms with Crippen molar-refractivity contribution in [3.63, 3.8) is 0 Å². The first kappa shape index (κ1) is 13.4. The van der Waals surface area contributed by atoms with Crippen LogP contribution in [0.4, 0.5) is 0 Å². The molecular formula is C8H18N2O3S. The SMILES string of the molecule is CCCCS(=O)(=O)CC(=O)NCCN. The van der Waals surface area contributed by atoms with Gasteiger partial charge in [-0.2, -0.15) is 0 Å². The van der Waals surface area contributed by atoms with Gasteiger partial charge in [0.1, 0.15) is 5.75 Å². The molecule has 0 aliphatic carbocycles. The van der Waals surface area contributed by atoms with Gasteiger partial charge < -0.3 is 11.1 Å². The van der Waals surface area contributed by atoms with Crippen molar-refractivity contribution in [3.05, 3.63) is 0 Å². The van der Waals surface area contributed by atoms with Crippen molar-refractivity contribution in [2.45, 2.75) is 19.8 Å². The topological polar surface area (TPSA) is 89.3 Å². The summed E-state index contributed by atoms with van der Waals surface area (Å²) in [6.07, 6.45) is 1.41. The maximum Gasteiger partial charge on any atom is 0.235 e. The van der Waals surface area contributed by atoms with Crippen LogP contribution in [0.2, 0.25) is 0 Å². The first-order valence-corrected chi connectivity index (χ1v) is 6.51. The Morgan fingerprint density at radius 3 is 2.57 bits per heavy atom. The van der Waals surface area contributed by atoms with E-state index in [2.05, 4.69) is 5.32 Å². The van der Waals surface area contributed by atoms with E-state index in [0.717, 1.165) is 6.42 Å². The molecular weight excluding hydrogens is 204 g/mol. The Balaban J connectivity index is 3.90. The third-order valence-corrected chi connectivity index (χ3v) is 3.24. The monoisotopic (exact) mass is 222 g/mol. The van der Waals surface area contributed by atoms with Gasteiger partial charge >= 0.3 is 0 Å². The standard InChI is InChI=1S/C8H18N2O3S/c1-2-3-6-14(12,13)7-8(11)10-5-4-9/h2-7,9H2,1H3,(H,10,11). The van der Waals surface area contributed by atoms with Crippen LogP contribution >= 0.6 is 0 Å². The summed E-state index contributed by atoms with van der Waals surface area (Å²) in [5, 5.41) is 2.42. The van der Waals surface area contributed by atoms with Gasteiger partial charge in [0.15, 0.2) is 9.84 Å². The fourth-order valence-corrected chi connectivity index (χ4v) is 2.27. The molecule has 0 rings (SSSR count). The number of carbonyl (C=O) groups excluding carboxylic acids is 1. The molecule has 14 heavy (non-hydrogen) atoms. The van der Waals surface area contributed by atoms with E-state index in [4.69, 9.17) is 5.73 Å². The summed E-state index contributed by atoms with van der Waals surface area (Å²) < 4.78 is 22.5. The Hall–Kier alpha value is -0.620. The third kappa shape index (κ3) is 6.85. The highest BCUT2D eigenvalue weighted by molar-refractivity contribution is 7.92. The number of amides is 1. The molecule has 0 fully saturated rings. The highest BCUT2D eigenvalue weighted by atomic mass is 32.2. The second-order valence-electron chi connectivity index (χ2n) is 3.08. The van der Waals surface area contributed by atoms with Gasteiger partial charge in [-0.3, -0.25) is 4.79 Å². The van der Waals surface area contributed by atoms with Gasteiger partial charge in [0.05, 0.1) is 5.75 Å². The lowest BCUT2D eigenvalue weighted by Crippen LogP contribution is -2.34. The second-order valence-corrected chi connectivity index (χ2v) is 5.27. The Kier molecular flexibility index (Phi) is 6.48. The minimum atomic E-state index is -3.23. The maximum absolute atomic E-state index is 11.3. The molecule has 0 aromatic carbocycles. The minimum absolute atomic E-state index is 0.0829. The van der Waals surface area contributed by atoms with Gasteiger partial charge in [0, 0.05) is 13.1 Å². The molecule has 0 atom stereocenters. The van der Waals surface area contributed by atoms with Crippen LogP contribution in [0, 0.1) is 0 Å². The van der Waals surface area contributed by atoms with Gasteiger partial charge in [0.25, 0.3) is 0 Å². The first-order valence-electron chi connectivity index (χ1n) is 4.69. The van der Waals surface area contributed by atoms with Crippen LogP contribution in [0.15, 0.2) is 0 Å². The van der Waals surface area contributed by atoms with Crippen molar-refractivity contribution in [1.29, 1.82) is 0 Å². The Labute approximate surface area is 85.0 Å². The van der Waals surface area contributed by atoms with Crippen LogP contribution in [-0.2, 0) is 14.6 Å². The molecule has 0 bridgehead atoms. The quantitative estimate of drug-likeness (QED) is 0.594. The molecule has 84 valence electrons. The van der Waals surface area contributed by atoms with Gasteiger partial charge in [0.2, 0.25) is 5.91 Å². The van der Waals surface area contributed by atoms with Gasteiger partial charge in [-0.15, -0.1) is 0 Å². The van der Waals surface area contributed by atoms with Crippen LogP contribution in [0.1, 0.15) is 19.8 Å². The van der Waals surface area contributed by atoms with E-state index in [1.807, 2.05) is 6.92 Å². The van der Waals surface area contributed by atoms with Gasteiger partial charge in [-0.1, -0.05) is 13.3 Å². The molecule has 0 aliphatic rings. The molecule has 0 aliphatic heterocycles. The molecule has 0 unspecified atom stereocenters. The van der Waals surface area contributed by atoms with E-state index >= 15 is 0 Å². The fraction of sp³-hybridized carbons (Fsp3) is 0.875. The molecule has 0 saturated carbocycles. The Morgan fingerprint density at radius 2 is 2.07 bits per heavy atom. The summed E-state index contributed by atoms with van der Waals surface area (Å²) in [6.45, 7) is 2.55. The third-order valence-electron chi connectivity index (χ3n) is 1.63. The molecule has 1 amide bonds. The Bertz CT molecular complexity index is 262. The van der Waals surface area contributed by atoms with Crippen molar-refractivity contribution in [3.8, 4) is 0 Å². The van der Waals surface area contributed by atoms with E-state index < -0.39 is 21.5 Å². The smallest absolute Gasteiger partial charge is 0.235 e. The largest absolute Gasteiger partial charge is 0.354 e. The number of hydrogen-bond acceptors (Lipinski definition) is 4. The molecule has 0 aromatic rings. The molecule has 3 N–H and O–H groups in total. The first-order chi connectivity index (χ1) is 6.52. The minimum Gasteiger partial charge on any atom is -0.354 e. The zero-order valence-corrected chi connectivity index (χ0v) is 9.27. The summed E-state index contributed by atoms with van der Waals surface area (Å²) in [6, 6.07) is 0. The van der Waals surface area contributed by atoms with Crippen LogP contribution in [0.5, 0.6) is 0 Å². The van der Waals surface area contributed by atoms with Crippen molar-refractivity contribution >= 4 is 15.7 Å². The van der Waals surface area contributed by atoms with Crippen molar-refractivity contribution < 1.29 is 13.2 Å². The highest BCUT2D eigenvalue weighted by Crippen LogP contribution is 1.96. The number of hydrogen-bond donors (Lipinski definition) is 2. The number of nitrogens with two attached hydrogens (primary N) is 1. The predicted molar refractivity (Wildman–Crippen MR) is 55.6 cm³/mol. The normalized spacial score (nSPS) is 11.3. The molecule has 0 radical (unpaired) electrons. The summed E-state index contributed by atoms with van der Waals surface area (Å²) in [7, 11) is -3.23. The zero-order chi connectivity index (χ0) is 11.0. The molecule has 5 nitrogen and oxygen atoms in total. The van der Waals surface area contributed by atoms with Crippen molar-refractivity contribution in [2.75, 3.05) is 24.6 Å². The average Bonchev–Trinajstić information content (AvgIpc) is 2.11. The molecule has 0 heterocycles. The van der Waals surface area contributed by atoms with E-state index in [-0.39, 0.29) is 5.75 Å². The van der Waals surface area contributed by atoms with Gasteiger partial charge in [-0.25, -0.2) is 8.42 Å². The summed E-state index contributed by atoms with van der Waals surface area (Å²) in [4.78, 5) is 11.0. The number of nitrogens with one attached hydrogen (secondary N) is 1. The number of carbonyl (C=O) groups is 1. The van der Waals surface area contributed by atoms with E-state index in [9.17, 15) is 13.2 Å². The molecule has 6 heteroatoms. The predicted octanol–water partition coefficient (Wildman–Crippen LogP) is -0.724. The zero-order valence-electron chi connectivity index (χ0n) is 8.45. The van der Waals surface area contributed by atoms with Crippen molar-refractivity contribution in [2.24, 2.45) is 5.73 Å². The fourth-order valence-electron chi connectivity index (χ4n) is 0.899. The second kappa shape index (κ2) is 6.78. The summed E-state index contributed by atoms with van der Waals surface area (Å²) in [5.74, 6) is -0.807. The lowest BCUT2D eigenvalue weighted by Gasteiger charge is -2.04. The van der Waals surface area contributed by atoms with E-state index in [0.29, 0.717) is 19.5 Å². The number of unbranched alkanes of at least 4 members (excludes halogenated alkanes) is 1.